The van der Waals surface area contributed by atoms with Crippen molar-refractivity contribution in [1.82, 2.24) is 10.3 Å². The molecule has 0 atom stereocenters. The Kier molecular flexibility index (Phi) is 6.92. The van der Waals surface area contributed by atoms with Crippen molar-refractivity contribution in [3.8, 4) is 5.75 Å². The van der Waals surface area contributed by atoms with Gasteiger partial charge < -0.3 is 10.1 Å². The van der Waals surface area contributed by atoms with Gasteiger partial charge in [0.2, 0.25) is 0 Å². The Morgan fingerprint density at radius 2 is 2.12 bits per heavy atom. The molecular weight excluding hydrogens is 437 g/mol. The predicted molar refractivity (Wildman–Crippen MR) is 108 cm³/mol. The Hall–Kier alpha value is -1.74. The fourth-order valence-corrected chi connectivity index (χ4v) is 2.38. The van der Waals surface area contributed by atoms with Crippen molar-refractivity contribution in [2.24, 2.45) is 0 Å². The van der Waals surface area contributed by atoms with Crippen LogP contribution >= 0.6 is 34.8 Å². The first-order valence-electron chi connectivity index (χ1n) is 7.48. The molecule has 2 aromatic rings. The Balaban J connectivity index is 1.98. The zero-order valence-corrected chi connectivity index (χ0v) is 16.4. The number of hydrogen-bond donors (Lipinski definition) is 2. The van der Waals surface area contributed by atoms with E-state index >= 15 is 0 Å². The van der Waals surface area contributed by atoms with Gasteiger partial charge in [-0.1, -0.05) is 13.0 Å². The van der Waals surface area contributed by atoms with Gasteiger partial charge in [-0.25, -0.2) is 4.98 Å². The number of ether oxygens (including phenoxy) is 1. The highest BCUT2D eigenvalue weighted by Crippen LogP contribution is 2.14. The minimum atomic E-state index is -0.295. The molecule has 1 aromatic heterocycles. The third kappa shape index (κ3) is 5.41. The van der Waals surface area contributed by atoms with Gasteiger partial charge in [0.15, 0.2) is 5.11 Å². The lowest BCUT2D eigenvalue weighted by Crippen LogP contribution is -2.34. The topological polar surface area (TPSA) is 63.2 Å². The minimum Gasteiger partial charge on any atom is -0.494 e. The van der Waals surface area contributed by atoms with E-state index < -0.39 is 0 Å². The third-order valence-corrected chi connectivity index (χ3v) is 4.40. The van der Waals surface area contributed by atoms with Crippen molar-refractivity contribution in [2.75, 3.05) is 11.9 Å². The zero-order chi connectivity index (χ0) is 17.5. The molecule has 2 rings (SSSR count). The second-order valence-corrected chi connectivity index (χ2v) is 6.62. The van der Waals surface area contributed by atoms with Crippen LogP contribution in [-0.4, -0.2) is 22.6 Å². The zero-order valence-electron chi connectivity index (χ0n) is 13.4. The van der Waals surface area contributed by atoms with Crippen LogP contribution in [0.15, 0.2) is 36.4 Å². The first-order chi connectivity index (χ1) is 11.5. The van der Waals surface area contributed by atoms with Gasteiger partial charge in [-0.05, 0) is 78.5 Å². The summed E-state index contributed by atoms with van der Waals surface area (Å²) in [4.78, 5) is 16.6. The maximum Gasteiger partial charge on any atom is 0.257 e. The number of amides is 1. The maximum absolute atomic E-state index is 12.3. The first kappa shape index (κ1) is 18.6. The van der Waals surface area contributed by atoms with Gasteiger partial charge in [0, 0.05) is 9.13 Å². The number of halogens is 1. The van der Waals surface area contributed by atoms with Crippen LogP contribution in [0.5, 0.6) is 5.75 Å². The molecule has 0 aliphatic carbocycles. The van der Waals surface area contributed by atoms with Crippen LogP contribution in [0.4, 0.5) is 5.82 Å². The fourth-order valence-electron chi connectivity index (χ4n) is 1.88. The number of carbonyl (C=O) groups excluding carboxylic acids is 1. The molecule has 0 bridgehead atoms. The quantitative estimate of drug-likeness (QED) is 0.529. The summed E-state index contributed by atoms with van der Waals surface area (Å²) >= 11 is 7.39. The normalized spacial score (nSPS) is 10.1. The number of nitrogens with zero attached hydrogens (tertiary/aromatic N) is 1. The average Bonchev–Trinajstić information content (AvgIpc) is 2.56. The van der Waals surface area contributed by atoms with Gasteiger partial charge in [0.1, 0.15) is 11.6 Å². The van der Waals surface area contributed by atoms with E-state index in [0.717, 1.165) is 15.7 Å². The van der Waals surface area contributed by atoms with Gasteiger partial charge in [-0.15, -0.1) is 0 Å². The van der Waals surface area contributed by atoms with E-state index in [4.69, 9.17) is 17.0 Å². The van der Waals surface area contributed by atoms with Crippen molar-refractivity contribution < 1.29 is 9.53 Å². The van der Waals surface area contributed by atoms with E-state index in [9.17, 15) is 4.79 Å². The van der Waals surface area contributed by atoms with Crippen LogP contribution in [0.2, 0.25) is 0 Å². The van der Waals surface area contributed by atoms with Crippen LogP contribution in [0.3, 0.4) is 0 Å². The molecule has 1 aromatic carbocycles. The van der Waals surface area contributed by atoms with Crippen LogP contribution < -0.4 is 15.4 Å². The van der Waals surface area contributed by atoms with E-state index in [-0.39, 0.29) is 11.0 Å². The molecule has 2 N–H and O–H groups in total. The smallest absolute Gasteiger partial charge is 0.257 e. The van der Waals surface area contributed by atoms with Crippen LogP contribution in [0, 0.1) is 10.5 Å². The van der Waals surface area contributed by atoms with Crippen LogP contribution in [0.1, 0.15) is 29.4 Å². The largest absolute Gasteiger partial charge is 0.494 e. The summed E-state index contributed by atoms with van der Waals surface area (Å²) in [5, 5.41) is 5.76. The molecule has 0 unspecified atom stereocenters. The fraction of sp³-hybridized carbons (Fsp3) is 0.235. The maximum atomic E-state index is 12.3. The lowest BCUT2D eigenvalue weighted by molar-refractivity contribution is 0.0977. The molecule has 1 heterocycles. The van der Waals surface area contributed by atoms with Crippen molar-refractivity contribution in [3.63, 3.8) is 0 Å². The van der Waals surface area contributed by atoms with E-state index in [2.05, 4.69) is 38.2 Å². The summed E-state index contributed by atoms with van der Waals surface area (Å²) in [6, 6.07) is 10.8. The second kappa shape index (κ2) is 8.93. The first-order valence-corrected chi connectivity index (χ1v) is 8.96. The van der Waals surface area contributed by atoms with Gasteiger partial charge in [0.25, 0.3) is 5.91 Å². The third-order valence-electron chi connectivity index (χ3n) is 3.06. The molecule has 7 heteroatoms. The van der Waals surface area contributed by atoms with Gasteiger partial charge in [0.05, 0.1) is 12.3 Å². The summed E-state index contributed by atoms with van der Waals surface area (Å²) in [5.41, 5.74) is 1.38. The molecular formula is C17H18IN3O2S. The standard InChI is InChI=1S/C17H18IN3O2S/c1-3-9-23-13-6-4-5-12(10-13)16(22)21-17(24)20-15-8-7-14(18)11(2)19-15/h4-8,10H,3,9H2,1-2H3,(H2,19,20,21,22,24). The van der Waals surface area contributed by atoms with Gasteiger partial charge >= 0.3 is 0 Å². The van der Waals surface area contributed by atoms with Crippen LogP contribution in [-0.2, 0) is 0 Å². The molecule has 0 saturated heterocycles. The molecule has 126 valence electrons. The molecule has 0 fully saturated rings. The average molecular weight is 455 g/mol. The van der Waals surface area contributed by atoms with Crippen LogP contribution in [0.25, 0.3) is 0 Å². The van der Waals surface area contributed by atoms with Crippen molar-refractivity contribution >= 4 is 51.6 Å². The lowest BCUT2D eigenvalue weighted by atomic mass is 10.2. The number of pyridine rings is 1. The molecule has 0 aliphatic rings. The lowest BCUT2D eigenvalue weighted by Gasteiger charge is -2.11. The summed E-state index contributed by atoms with van der Waals surface area (Å²) in [5.74, 6) is 0.966. The summed E-state index contributed by atoms with van der Waals surface area (Å²) < 4.78 is 6.60. The minimum absolute atomic E-state index is 0.202. The number of aromatic nitrogens is 1. The molecule has 0 aliphatic heterocycles. The number of anilines is 1. The number of hydrogen-bond acceptors (Lipinski definition) is 4. The Morgan fingerprint density at radius 1 is 1.33 bits per heavy atom. The Labute approximate surface area is 160 Å². The van der Waals surface area contributed by atoms with Crippen molar-refractivity contribution in [2.45, 2.75) is 20.3 Å². The number of carbonyl (C=O) groups is 1. The van der Waals surface area contributed by atoms with E-state index in [1.165, 1.54) is 0 Å². The molecule has 24 heavy (non-hydrogen) atoms. The number of nitrogens with one attached hydrogen (secondary N) is 2. The molecule has 0 spiro atoms. The number of rotatable bonds is 5. The Morgan fingerprint density at radius 3 is 2.83 bits per heavy atom. The monoisotopic (exact) mass is 455 g/mol. The van der Waals surface area contributed by atoms with Crippen molar-refractivity contribution in [1.29, 1.82) is 0 Å². The van der Waals surface area contributed by atoms with Crippen molar-refractivity contribution in [3.05, 3.63) is 51.2 Å². The molecule has 0 radical (unpaired) electrons. The van der Waals surface area contributed by atoms with Gasteiger partial charge in [-0.2, -0.15) is 0 Å². The second-order valence-electron chi connectivity index (χ2n) is 5.05. The Bertz CT molecular complexity index is 752. The SMILES string of the molecule is CCCOc1cccc(C(=O)NC(=S)Nc2ccc(I)c(C)n2)c1. The van der Waals surface area contributed by atoms with E-state index in [1.807, 2.05) is 32.0 Å². The number of aryl methyl sites for hydroxylation is 1. The summed E-state index contributed by atoms with van der Waals surface area (Å²) in [6.45, 7) is 4.56. The van der Waals surface area contributed by atoms with E-state index in [1.54, 1.807) is 18.2 Å². The van der Waals surface area contributed by atoms with E-state index in [0.29, 0.717) is 23.7 Å². The number of benzene rings is 1. The number of thiocarbonyl (C=S) groups is 1. The molecule has 5 nitrogen and oxygen atoms in total. The highest BCUT2D eigenvalue weighted by atomic mass is 127. The summed E-state index contributed by atoms with van der Waals surface area (Å²) in [7, 11) is 0. The van der Waals surface area contributed by atoms with Gasteiger partial charge in [-0.3, -0.25) is 10.1 Å². The highest BCUT2D eigenvalue weighted by Gasteiger charge is 2.10. The molecule has 1 amide bonds. The highest BCUT2D eigenvalue weighted by molar-refractivity contribution is 14.1. The summed E-state index contributed by atoms with van der Waals surface area (Å²) in [6.07, 6.45) is 0.910. The predicted octanol–water partition coefficient (Wildman–Crippen LogP) is 3.91. The molecule has 0 saturated carbocycles.